The number of fused-ring (bicyclic) bond motifs is 4. The van der Waals surface area contributed by atoms with Crippen LogP contribution in [0.15, 0.2) is 35.4 Å². The highest BCUT2D eigenvalue weighted by Crippen LogP contribution is 2.67. The van der Waals surface area contributed by atoms with Crippen LogP contribution in [0.4, 0.5) is 0 Å². The number of benzene rings is 1. The molecule has 0 radical (unpaired) electrons. The van der Waals surface area contributed by atoms with Crippen molar-refractivity contribution in [2.45, 2.75) is 53.4 Å². The second kappa shape index (κ2) is 9.11. The van der Waals surface area contributed by atoms with E-state index in [4.69, 9.17) is 5.26 Å². The van der Waals surface area contributed by atoms with E-state index >= 15 is 0 Å². The molecule has 0 heterocycles. The predicted molar refractivity (Wildman–Crippen MR) is 144 cm³/mol. The molecule has 2 N–H and O–H groups in total. The summed E-state index contributed by atoms with van der Waals surface area (Å²) in [5.74, 6) is -0.169. The summed E-state index contributed by atoms with van der Waals surface area (Å²) in [6, 6.07) is 7.66. The Morgan fingerprint density at radius 3 is 1.82 bits per heavy atom. The fourth-order valence-corrected chi connectivity index (χ4v) is 10.3. The maximum Gasteiger partial charge on any atom is 0.265 e. The van der Waals surface area contributed by atoms with E-state index in [2.05, 4.69) is 23.2 Å². The Hall–Kier alpha value is -1.82. The SMILES string of the molecule is CC1(C)C2CCC1(CSOOO)C(=O)C2=Cc1ccc(C=C2C(=O)C3(CS(=O)(=O)O)CCC2C3(C)C)cc1. The van der Waals surface area contributed by atoms with E-state index in [9.17, 15) is 22.6 Å². The van der Waals surface area contributed by atoms with E-state index in [0.717, 1.165) is 41.6 Å². The molecule has 4 atom stereocenters. The van der Waals surface area contributed by atoms with Gasteiger partial charge in [0, 0.05) is 28.9 Å². The van der Waals surface area contributed by atoms with E-state index in [0.29, 0.717) is 24.2 Å². The van der Waals surface area contributed by atoms with Crippen LogP contribution in [0.3, 0.4) is 0 Å². The molecule has 1 aromatic rings. The molecule has 4 fully saturated rings. The minimum atomic E-state index is -4.30. The molecule has 0 aromatic heterocycles. The first kappa shape index (κ1) is 27.7. The molecule has 0 aliphatic heterocycles. The summed E-state index contributed by atoms with van der Waals surface area (Å²) in [5.41, 5.74) is 0.647. The molecule has 10 heteroatoms. The molecule has 8 nitrogen and oxygen atoms in total. The first-order chi connectivity index (χ1) is 17.7. The zero-order valence-electron chi connectivity index (χ0n) is 22.0. The lowest BCUT2D eigenvalue weighted by Gasteiger charge is -2.34. The predicted octanol–water partition coefficient (Wildman–Crippen LogP) is 5.42. The lowest BCUT2D eigenvalue weighted by molar-refractivity contribution is -0.432. The molecule has 1 aromatic carbocycles. The van der Waals surface area contributed by atoms with Crippen LogP contribution in [0.5, 0.6) is 0 Å². The average Bonchev–Trinajstić information content (AvgIpc) is 3.34. The van der Waals surface area contributed by atoms with Crippen molar-refractivity contribution in [1.82, 2.24) is 0 Å². The Labute approximate surface area is 227 Å². The number of carbonyl (C=O) groups excluding carboxylic acids is 2. The maximum absolute atomic E-state index is 13.6. The highest BCUT2D eigenvalue weighted by Gasteiger charge is 2.68. The Morgan fingerprint density at radius 1 is 0.895 bits per heavy atom. The van der Waals surface area contributed by atoms with Gasteiger partial charge < -0.3 is 0 Å². The zero-order chi connectivity index (χ0) is 27.7. The third-order valence-corrected chi connectivity index (χ3v) is 12.1. The molecule has 4 unspecified atom stereocenters. The molecule has 0 spiro atoms. The van der Waals surface area contributed by atoms with E-state index in [1.165, 1.54) is 0 Å². The van der Waals surface area contributed by atoms with Gasteiger partial charge in [0.2, 0.25) is 0 Å². The van der Waals surface area contributed by atoms with Crippen molar-refractivity contribution < 1.29 is 37.2 Å². The third kappa shape index (κ3) is 3.90. The lowest BCUT2D eigenvalue weighted by Crippen LogP contribution is -2.42. The Kier molecular flexibility index (Phi) is 6.65. The topological polar surface area (TPSA) is 127 Å². The molecule has 0 amide bonds. The van der Waals surface area contributed by atoms with Gasteiger partial charge in [-0.05, 0) is 71.6 Å². The van der Waals surface area contributed by atoms with Crippen LogP contribution >= 0.6 is 12.0 Å². The number of Topliss-reactive ketones (excluding diaryl/α,β-unsaturated/α-hetero) is 2. The van der Waals surface area contributed by atoms with Gasteiger partial charge in [-0.15, -0.1) is 4.33 Å². The van der Waals surface area contributed by atoms with Gasteiger partial charge in [0.05, 0.1) is 16.6 Å². The van der Waals surface area contributed by atoms with Crippen LogP contribution in [0.1, 0.15) is 64.5 Å². The van der Waals surface area contributed by atoms with Crippen LogP contribution < -0.4 is 0 Å². The third-order valence-electron chi connectivity index (χ3n) is 10.5. The van der Waals surface area contributed by atoms with Crippen molar-refractivity contribution in [3.63, 3.8) is 0 Å². The molecular formula is C28H34O8S2. The summed E-state index contributed by atoms with van der Waals surface area (Å²) < 4.78 is 37.7. The lowest BCUT2D eigenvalue weighted by atomic mass is 9.70. The van der Waals surface area contributed by atoms with Gasteiger partial charge in [-0.25, -0.2) is 5.26 Å². The highest BCUT2D eigenvalue weighted by molar-refractivity contribution is 7.94. The highest BCUT2D eigenvalue weighted by atomic mass is 32.2. The van der Waals surface area contributed by atoms with Crippen LogP contribution in [0.2, 0.25) is 0 Å². The Balaban J connectivity index is 1.40. The first-order valence-electron chi connectivity index (χ1n) is 12.9. The molecular weight excluding hydrogens is 528 g/mol. The van der Waals surface area contributed by atoms with Crippen LogP contribution in [-0.2, 0) is 29.1 Å². The molecule has 0 saturated heterocycles. The maximum atomic E-state index is 13.6. The standard InChI is InChI=1S/C28H34O8S2/c1-25(2)21-9-11-27(25,15-37-36-35-31)23(29)19(21)13-17-5-7-18(8-6-17)14-20-22-10-12-28(24(20)30,26(22,3)4)16-38(32,33)34/h5-8,13-14,21-22,31H,9-12,15-16H2,1-4H3,(H,32,33,34). The fourth-order valence-electron chi connectivity index (χ4n) is 8.07. The molecule has 38 heavy (non-hydrogen) atoms. The van der Waals surface area contributed by atoms with Crippen molar-refractivity contribution in [2.75, 3.05) is 11.5 Å². The van der Waals surface area contributed by atoms with Gasteiger partial charge in [0.1, 0.15) is 0 Å². The molecule has 206 valence electrons. The van der Waals surface area contributed by atoms with E-state index in [1.807, 2.05) is 50.3 Å². The number of rotatable bonds is 8. The number of carbonyl (C=O) groups is 2. The largest absolute Gasteiger partial charge is 0.294 e. The molecule has 4 aliphatic rings. The first-order valence-corrected chi connectivity index (χ1v) is 15.4. The fraction of sp³-hybridized carbons (Fsp3) is 0.571. The van der Waals surface area contributed by atoms with Gasteiger partial charge in [0.25, 0.3) is 10.1 Å². The van der Waals surface area contributed by atoms with Gasteiger partial charge in [-0.2, -0.15) is 8.42 Å². The smallest absolute Gasteiger partial charge is 0.265 e. The van der Waals surface area contributed by atoms with Gasteiger partial charge in [-0.3, -0.25) is 14.1 Å². The number of hydrogen-bond acceptors (Lipinski definition) is 8. The number of hydrogen-bond donors (Lipinski definition) is 2. The summed E-state index contributed by atoms with van der Waals surface area (Å²) in [5, 5.41) is 12.2. The summed E-state index contributed by atoms with van der Waals surface area (Å²) >= 11 is 0.938. The van der Waals surface area contributed by atoms with E-state index in [-0.39, 0.29) is 28.8 Å². The van der Waals surface area contributed by atoms with Gasteiger partial charge >= 0.3 is 0 Å². The second-order valence-electron chi connectivity index (χ2n) is 12.4. The molecule has 4 aliphatic carbocycles. The van der Waals surface area contributed by atoms with E-state index in [1.54, 1.807) is 0 Å². The monoisotopic (exact) mass is 562 g/mol. The van der Waals surface area contributed by atoms with Crippen LogP contribution in [0, 0.1) is 33.5 Å². The number of ketones is 2. The Bertz CT molecular complexity index is 1340. The van der Waals surface area contributed by atoms with Gasteiger partial charge in [0.15, 0.2) is 11.6 Å². The summed E-state index contributed by atoms with van der Waals surface area (Å²) in [6.45, 7) is 8.07. The second-order valence-corrected chi connectivity index (χ2v) is 14.6. The molecule has 4 saturated carbocycles. The average molecular weight is 563 g/mol. The summed E-state index contributed by atoms with van der Waals surface area (Å²) in [6.07, 6.45) is 6.63. The minimum absolute atomic E-state index is 0.0679. The zero-order valence-corrected chi connectivity index (χ0v) is 23.7. The van der Waals surface area contributed by atoms with Crippen molar-refractivity contribution in [3.05, 3.63) is 46.5 Å². The van der Waals surface area contributed by atoms with Crippen molar-refractivity contribution in [1.29, 1.82) is 0 Å². The minimum Gasteiger partial charge on any atom is -0.294 e. The number of allylic oxidation sites excluding steroid dienone is 2. The van der Waals surface area contributed by atoms with Gasteiger partial charge in [-0.1, -0.05) is 57.0 Å². The molecule has 4 bridgehead atoms. The normalized spacial score (nSPS) is 35.2. The van der Waals surface area contributed by atoms with Crippen molar-refractivity contribution in [2.24, 2.45) is 33.5 Å². The summed E-state index contributed by atoms with van der Waals surface area (Å²) in [4.78, 5) is 27.0. The van der Waals surface area contributed by atoms with Crippen molar-refractivity contribution in [3.8, 4) is 0 Å². The molecule has 5 rings (SSSR count). The van der Waals surface area contributed by atoms with E-state index < -0.39 is 32.1 Å². The quantitative estimate of drug-likeness (QED) is 0.107. The van der Waals surface area contributed by atoms with Crippen molar-refractivity contribution >= 4 is 45.9 Å². The Morgan fingerprint density at radius 2 is 1.34 bits per heavy atom. The summed E-state index contributed by atoms with van der Waals surface area (Å²) in [7, 11) is -4.30. The van der Waals surface area contributed by atoms with Crippen LogP contribution in [-0.4, -0.2) is 41.3 Å². The van der Waals surface area contributed by atoms with Crippen LogP contribution in [0.25, 0.3) is 12.2 Å².